The van der Waals surface area contributed by atoms with E-state index in [4.69, 9.17) is 4.74 Å². The van der Waals surface area contributed by atoms with Crippen LogP contribution in [0, 0.1) is 5.82 Å². The van der Waals surface area contributed by atoms with E-state index in [2.05, 4.69) is 16.0 Å². The van der Waals surface area contributed by atoms with Crippen LogP contribution in [0.25, 0.3) is 0 Å². The third-order valence-corrected chi connectivity index (χ3v) is 4.11. The first-order valence-corrected chi connectivity index (χ1v) is 7.81. The first-order valence-electron chi connectivity index (χ1n) is 7.81. The first kappa shape index (κ1) is 16.8. The molecule has 130 valence electrons. The molecule has 1 heterocycles. The van der Waals surface area contributed by atoms with Crippen LogP contribution in [0.1, 0.15) is 11.5 Å². The zero-order valence-corrected chi connectivity index (χ0v) is 13.6. The molecular weight excluding hydrogens is 325 g/mol. The Labute approximate surface area is 144 Å². The second-order valence-corrected chi connectivity index (χ2v) is 5.71. The molecule has 1 aliphatic rings. The van der Waals surface area contributed by atoms with E-state index in [1.165, 1.54) is 24.3 Å². The van der Waals surface area contributed by atoms with Gasteiger partial charge in [-0.1, -0.05) is 12.1 Å². The summed E-state index contributed by atoms with van der Waals surface area (Å²) >= 11 is 0. The fourth-order valence-corrected chi connectivity index (χ4v) is 2.79. The van der Waals surface area contributed by atoms with Crippen molar-refractivity contribution in [3.63, 3.8) is 0 Å². The highest BCUT2D eigenvalue weighted by Crippen LogP contribution is 2.25. The number of hydrogen-bond acceptors (Lipinski definition) is 3. The normalized spacial score (nSPS) is 19.2. The molecule has 6 nitrogen and oxygen atoms in total. The summed E-state index contributed by atoms with van der Waals surface area (Å²) in [6.45, 7) is 0.437. The molecule has 1 aliphatic heterocycles. The maximum absolute atomic E-state index is 12.9. The number of nitrogens with one attached hydrogen (secondary N) is 3. The zero-order valence-electron chi connectivity index (χ0n) is 13.6. The second kappa shape index (κ2) is 7.21. The van der Waals surface area contributed by atoms with Gasteiger partial charge in [-0.25, -0.2) is 9.18 Å². The van der Waals surface area contributed by atoms with E-state index in [1.54, 1.807) is 7.11 Å². The van der Waals surface area contributed by atoms with Crippen LogP contribution in [-0.4, -0.2) is 31.6 Å². The van der Waals surface area contributed by atoms with Crippen molar-refractivity contribution in [2.24, 2.45) is 0 Å². The average Bonchev–Trinajstić information content (AvgIpc) is 2.98. The van der Waals surface area contributed by atoms with Gasteiger partial charge < -0.3 is 20.7 Å². The molecule has 1 fully saturated rings. The number of carbonyl (C=O) groups excluding carboxylic acids is 2. The van der Waals surface area contributed by atoms with Gasteiger partial charge in [-0.15, -0.1) is 0 Å². The van der Waals surface area contributed by atoms with Gasteiger partial charge in [0.2, 0.25) is 5.91 Å². The average molecular weight is 343 g/mol. The van der Waals surface area contributed by atoms with Crippen LogP contribution in [0.5, 0.6) is 5.75 Å². The molecule has 0 aliphatic carbocycles. The SMILES string of the molecule is COc1ccc([C@@H]2CNC(=O)C2NC(=O)Nc2ccc(F)cc2)cc1. The van der Waals surface area contributed by atoms with Gasteiger partial charge in [-0.2, -0.15) is 0 Å². The van der Waals surface area contributed by atoms with Crippen molar-refractivity contribution < 1.29 is 18.7 Å². The summed E-state index contributed by atoms with van der Waals surface area (Å²) in [6.07, 6.45) is 0. The van der Waals surface area contributed by atoms with Gasteiger partial charge in [-0.05, 0) is 42.0 Å². The number of anilines is 1. The Bertz CT molecular complexity index is 762. The Balaban J connectivity index is 1.68. The Hall–Kier alpha value is -3.09. The van der Waals surface area contributed by atoms with Crippen molar-refractivity contribution in [2.45, 2.75) is 12.0 Å². The van der Waals surface area contributed by atoms with E-state index in [1.807, 2.05) is 24.3 Å². The minimum atomic E-state index is -0.686. The predicted molar refractivity (Wildman–Crippen MR) is 91.1 cm³/mol. The minimum absolute atomic E-state index is 0.183. The molecule has 1 unspecified atom stereocenters. The molecule has 2 aromatic rings. The topological polar surface area (TPSA) is 79.5 Å². The smallest absolute Gasteiger partial charge is 0.319 e. The van der Waals surface area contributed by atoms with Crippen molar-refractivity contribution >= 4 is 17.6 Å². The van der Waals surface area contributed by atoms with Crippen LogP contribution in [-0.2, 0) is 4.79 Å². The van der Waals surface area contributed by atoms with Crippen molar-refractivity contribution in [3.05, 3.63) is 59.9 Å². The highest BCUT2D eigenvalue weighted by molar-refractivity contribution is 5.95. The first-order chi connectivity index (χ1) is 12.1. The Morgan fingerprint density at radius 3 is 2.48 bits per heavy atom. The third kappa shape index (κ3) is 3.88. The molecule has 2 aromatic carbocycles. The van der Waals surface area contributed by atoms with Crippen LogP contribution in [0.2, 0.25) is 0 Å². The van der Waals surface area contributed by atoms with Crippen LogP contribution >= 0.6 is 0 Å². The Kier molecular flexibility index (Phi) is 4.83. The molecular formula is C18H18FN3O3. The van der Waals surface area contributed by atoms with Gasteiger partial charge in [0.1, 0.15) is 17.6 Å². The number of urea groups is 1. The summed E-state index contributed by atoms with van der Waals surface area (Å²) in [5.74, 6) is -0.0901. The molecule has 1 saturated heterocycles. The summed E-state index contributed by atoms with van der Waals surface area (Å²) in [4.78, 5) is 24.2. The number of halogens is 1. The summed E-state index contributed by atoms with van der Waals surface area (Å²) < 4.78 is 18.0. The number of methoxy groups -OCH3 is 1. The van der Waals surface area contributed by atoms with Gasteiger partial charge in [0, 0.05) is 18.2 Å². The standard InChI is InChI=1S/C18H18FN3O3/c1-25-14-8-2-11(3-9-14)15-10-20-17(23)16(15)22-18(24)21-13-6-4-12(19)5-7-13/h2-9,15-16H,10H2,1H3,(H,20,23)(H2,21,22,24)/t15-,16?/m0/s1. The van der Waals surface area contributed by atoms with E-state index in [0.717, 1.165) is 11.3 Å². The van der Waals surface area contributed by atoms with Crippen molar-refractivity contribution in [2.75, 3.05) is 19.0 Å². The summed E-state index contributed by atoms with van der Waals surface area (Å²) in [7, 11) is 1.58. The van der Waals surface area contributed by atoms with E-state index in [0.29, 0.717) is 12.2 Å². The maximum atomic E-state index is 12.9. The lowest BCUT2D eigenvalue weighted by molar-refractivity contribution is -0.120. The molecule has 2 atom stereocenters. The molecule has 0 aromatic heterocycles. The van der Waals surface area contributed by atoms with E-state index >= 15 is 0 Å². The maximum Gasteiger partial charge on any atom is 0.319 e. The number of carbonyl (C=O) groups is 2. The third-order valence-electron chi connectivity index (χ3n) is 4.11. The second-order valence-electron chi connectivity index (χ2n) is 5.71. The molecule has 0 spiro atoms. The minimum Gasteiger partial charge on any atom is -0.497 e. The number of ether oxygens (including phenoxy) is 1. The van der Waals surface area contributed by atoms with Gasteiger partial charge in [-0.3, -0.25) is 4.79 Å². The molecule has 0 radical (unpaired) electrons. The van der Waals surface area contributed by atoms with Gasteiger partial charge in [0.25, 0.3) is 0 Å². The van der Waals surface area contributed by atoms with E-state index in [-0.39, 0.29) is 17.6 Å². The summed E-state index contributed by atoms with van der Waals surface area (Å²) in [6, 6.07) is 11.6. The van der Waals surface area contributed by atoms with Crippen LogP contribution in [0.4, 0.5) is 14.9 Å². The van der Waals surface area contributed by atoms with Gasteiger partial charge in [0.15, 0.2) is 0 Å². The van der Waals surface area contributed by atoms with E-state index < -0.39 is 12.1 Å². The quantitative estimate of drug-likeness (QED) is 0.796. The number of amides is 3. The van der Waals surface area contributed by atoms with Crippen LogP contribution < -0.4 is 20.7 Å². The molecule has 3 rings (SSSR count). The molecule has 0 bridgehead atoms. The fraction of sp³-hybridized carbons (Fsp3) is 0.222. The van der Waals surface area contributed by atoms with Crippen molar-refractivity contribution in [3.8, 4) is 5.75 Å². The fourth-order valence-electron chi connectivity index (χ4n) is 2.79. The van der Waals surface area contributed by atoms with Crippen LogP contribution in [0.3, 0.4) is 0 Å². The molecule has 3 N–H and O–H groups in total. The molecule has 0 saturated carbocycles. The number of benzene rings is 2. The lowest BCUT2D eigenvalue weighted by Gasteiger charge is -2.19. The van der Waals surface area contributed by atoms with Crippen LogP contribution in [0.15, 0.2) is 48.5 Å². The number of rotatable bonds is 4. The van der Waals surface area contributed by atoms with Crippen molar-refractivity contribution in [1.82, 2.24) is 10.6 Å². The summed E-state index contributed by atoms with van der Waals surface area (Å²) in [5, 5.41) is 8.03. The highest BCUT2D eigenvalue weighted by atomic mass is 19.1. The lowest BCUT2D eigenvalue weighted by Crippen LogP contribution is -2.44. The molecule has 7 heteroatoms. The zero-order chi connectivity index (χ0) is 17.8. The number of hydrogen-bond donors (Lipinski definition) is 3. The van der Waals surface area contributed by atoms with E-state index in [9.17, 15) is 14.0 Å². The monoisotopic (exact) mass is 343 g/mol. The summed E-state index contributed by atoms with van der Waals surface area (Å²) in [5.41, 5.74) is 1.37. The van der Waals surface area contributed by atoms with Crippen molar-refractivity contribution in [1.29, 1.82) is 0 Å². The molecule has 25 heavy (non-hydrogen) atoms. The predicted octanol–water partition coefficient (Wildman–Crippen LogP) is 2.24. The Morgan fingerprint density at radius 1 is 1.16 bits per heavy atom. The largest absolute Gasteiger partial charge is 0.497 e. The van der Waals surface area contributed by atoms with Gasteiger partial charge >= 0.3 is 6.03 Å². The van der Waals surface area contributed by atoms with Gasteiger partial charge in [0.05, 0.1) is 7.11 Å². The molecule has 3 amide bonds. The lowest BCUT2D eigenvalue weighted by atomic mass is 9.94. The Morgan fingerprint density at radius 2 is 1.84 bits per heavy atom. The highest BCUT2D eigenvalue weighted by Gasteiger charge is 2.36.